The van der Waals surface area contributed by atoms with Crippen molar-refractivity contribution < 1.29 is 9.00 Å². The second-order valence-corrected chi connectivity index (χ2v) is 6.18. The summed E-state index contributed by atoms with van der Waals surface area (Å²) in [6, 6.07) is 7.07. The van der Waals surface area contributed by atoms with Crippen molar-refractivity contribution in [1.82, 2.24) is 0 Å². The molecule has 18 heavy (non-hydrogen) atoms. The van der Waals surface area contributed by atoms with Crippen LogP contribution in [0.3, 0.4) is 0 Å². The van der Waals surface area contributed by atoms with Gasteiger partial charge in [0.1, 0.15) is 0 Å². The Hall–Kier alpha value is -1.20. The largest absolute Gasteiger partial charge is 0.324 e. The summed E-state index contributed by atoms with van der Waals surface area (Å²) in [5, 5.41) is 2.82. The molecule has 2 rings (SSSR count). The topological polar surface area (TPSA) is 72.2 Å². The number of anilines is 1. The van der Waals surface area contributed by atoms with E-state index in [1.807, 2.05) is 0 Å². The monoisotopic (exact) mass is 266 g/mol. The molecule has 0 heterocycles. The van der Waals surface area contributed by atoms with Crippen LogP contribution < -0.4 is 11.1 Å². The van der Waals surface area contributed by atoms with Crippen molar-refractivity contribution in [3.63, 3.8) is 0 Å². The first kappa shape index (κ1) is 13.2. The third-order valence-corrected chi connectivity index (χ3v) is 4.29. The highest BCUT2D eigenvalue weighted by Gasteiger charge is 2.36. The molecule has 0 spiro atoms. The summed E-state index contributed by atoms with van der Waals surface area (Å²) >= 11 is 0. The predicted octanol–water partition coefficient (Wildman–Crippen LogP) is 1.63. The first-order chi connectivity index (χ1) is 8.51. The van der Waals surface area contributed by atoms with E-state index in [1.54, 1.807) is 30.5 Å². The predicted molar refractivity (Wildman–Crippen MR) is 72.8 cm³/mol. The Balaban J connectivity index is 2.11. The molecule has 0 saturated heterocycles. The summed E-state index contributed by atoms with van der Waals surface area (Å²) in [5.41, 5.74) is 6.00. The molecule has 1 unspecified atom stereocenters. The number of carbonyl (C=O) groups excluding carboxylic acids is 1. The van der Waals surface area contributed by atoms with Gasteiger partial charge in [-0.3, -0.25) is 9.00 Å². The average molecular weight is 266 g/mol. The zero-order valence-corrected chi connectivity index (χ0v) is 11.3. The van der Waals surface area contributed by atoms with E-state index in [0.29, 0.717) is 10.6 Å². The molecule has 1 atom stereocenters. The molecular formula is C13H18N2O2S. The fraction of sp³-hybridized carbons (Fsp3) is 0.462. The highest BCUT2D eigenvalue weighted by atomic mass is 32.2. The molecule has 0 aliphatic heterocycles. The van der Waals surface area contributed by atoms with Crippen molar-refractivity contribution in [3.05, 3.63) is 24.3 Å². The zero-order chi connectivity index (χ0) is 13.2. The van der Waals surface area contributed by atoms with Crippen LogP contribution in [0, 0.1) is 0 Å². The second-order valence-electron chi connectivity index (χ2n) is 4.80. The summed E-state index contributed by atoms with van der Waals surface area (Å²) in [5.74, 6) is -0.140. The van der Waals surface area contributed by atoms with E-state index in [0.717, 1.165) is 25.7 Å². The van der Waals surface area contributed by atoms with Crippen LogP contribution in [-0.4, -0.2) is 21.9 Å². The van der Waals surface area contributed by atoms with Crippen LogP contribution in [0.5, 0.6) is 0 Å². The van der Waals surface area contributed by atoms with E-state index >= 15 is 0 Å². The molecular weight excluding hydrogens is 248 g/mol. The normalized spacial score (nSPS) is 19.4. The van der Waals surface area contributed by atoms with Gasteiger partial charge in [0, 0.05) is 27.6 Å². The van der Waals surface area contributed by atoms with E-state index in [2.05, 4.69) is 5.32 Å². The smallest absolute Gasteiger partial charge is 0.244 e. The minimum atomic E-state index is -1.05. The van der Waals surface area contributed by atoms with Gasteiger partial charge in [-0.2, -0.15) is 0 Å². The summed E-state index contributed by atoms with van der Waals surface area (Å²) in [7, 11) is -1.05. The van der Waals surface area contributed by atoms with Gasteiger partial charge in [-0.25, -0.2) is 0 Å². The lowest BCUT2D eigenvalue weighted by molar-refractivity contribution is -0.121. The second kappa shape index (κ2) is 5.20. The van der Waals surface area contributed by atoms with Gasteiger partial charge < -0.3 is 11.1 Å². The minimum absolute atomic E-state index is 0.140. The highest BCUT2D eigenvalue weighted by Crippen LogP contribution is 2.28. The number of rotatable bonds is 3. The van der Waals surface area contributed by atoms with Crippen molar-refractivity contribution >= 4 is 22.4 Å². The molecule has 1 saturated carbocycles. The lowest BCUT2D eigenvalue weighted by Gasteiger charge is -2.22. The van der Waals surface area contributed by atoms with Gasteiger partial charge in [-0.1, -0.05) is 18.9 Å². The Morgan fingerprint density at radius 3 is 2.67 bits per heavy atom. The van der Waals surface area contributed by atoms with E-state index in [1.165, 1.54) is 0 Å². The number of carbonyl (C=O) groups is 1. The molecule has 1 aromatic carbocycles. The molecule has 1 aliphatic rings. The van der Waals surface area contributed by atoms with Crippen LogP contribution in [0.4, 0.5) is 5.69 Å². The molecule has 1 fully saturated rings. The molecule has 1 aromatic rings. The summed E-state index contributed by atoms with van der Waals surface area (Å²) in [4.78, 5) is 12.8. The molecule has 5 heteroatoms. The molecule has 0 radical (unpaired) electrons. The maximum absolute atomic E-state index is 12.1. The Kier molecular flexibility index (Phi) is 3.82. The third-order valence-electron chi connectivity index (χ3n) is 3.37. The summed E-state index contributed by atoms with van der Waals surface area (Å²) in [6.45, 7) is 0. The maximum atomic E-state index is 12.1. The highest BCUT2D eigenvalue weighted by molar-refractivity contribution is 7.84. The van der Waals surface area contributed by atoms with Crippen molar-refractivity contribution in [2.24, 2.45) is 5.73 Å². The number of benzene rings is 1. The van der Waals surface area contributed by atoms with E-state index in [4.69, 9.17) is 5.73 Å². The summed E-state index contributed by atoms with van der Waals surface area (Å²) < 4.78 is 11.4. The average Bonchev–Trinajstić information content (AvgIpc) is 2.78. The number of hydrogen-bond donors (Lipinski definition) is 2. The molecule has 1 amide bonds. The van der Waals surface area contributed by atoms with Crippen molar-refractivity contribution in [2.75, 3.05) is 11.6 Å². The number of hydrogen-bond acceptors (Lipinski definition) is 3. The third kappa shape index (κ3) is 2.79. The number of nitrogens with one attached hydrogen (secondary N) is 1. The van der Waals surface area contributed by atoms with Crippen molar-refractivity contribution in [3.8, 4) is 0 Å². The van der Waals surface area contributed by atoms with E-state index in [-0.39, 0.29) is 5.91 Å². The van der Waals surface area contributed by atoms with Crippen LogP contribution in [0.1, 0.15) is 25.7 Å². The van der Waals surface area contributed by atoms with Gasteiger partial charge in [0.2, 0.25) is 5.91 Å². The lowest BCUT2D eigenvalue weighted by Crippen LogP contribution is -2.48. The molecule has 0 bridgehead atoms. The molecule has 1 aliphatic carbocycles. The Labute approximate surface area is 109 Å². The maximum Gasteiger partial charge on any atom is 0.244 e. The SMILES string of the molecule is CS(=O)c1cccc(NC(=O)C2(N)CCCC2)c1. The zero-order valence-electron chi connectivity index (χ0n) is 10.4. The van der Waals surface area contributed by atoms with Crippen LogP contribution in [0.25, 0.3) is 0 Å². The Bertz CT molecular complexity index is 482. The van der Waals surface area contributed by atoms with Gasteiger partial charge >= 0.3 is 0 Å². The first-order valence-corrected chi connectivity index (χ1v) is 7.61. The van der Waals surface area contributed by atoms with Gasteiger partial charge in [0.05, 0.1) is 5.54 Å². The van der Waals surface area contributed by atoms with Crippen LogP contribution >= 0.6 is 0 Å². The van der Waals surface area contributed by atoms with Crippen LogP contribution in [0.2, 0.25) is 0 Å². The standard InChI is InChI=1S/C13H18N2O2S/c1-18(17)11-6-4-5-10(9-11)15-12(16)13(14)7-2-3-8-13/h4-6,9H,2-3,7-8,14H2,1H3,(H,15,16). The quantitative estimate of drug-likeness (QED) is 0.873. The van der Waals surface area contributed by atoms with Crippen LogP contribution in [0.15, 0.2) is 29.2 Å². The number of nitrogens with two attached hydrogens (primary N) is 1. The lowest BCUT2D eigenvalue weighted by atomic mass is 9.98. The Morgan fingerprint density at radius 2 is 2.06 bits per heavy atom. The van der Waals surface area contributed by atoms with Gasteiger partial charge in [0.25, 0.3) is 0 Å². The Morgan fingerprint density at radius 1 is 1.39 bits per heavy atom. The summed E-state index contributed by atoms with van der Waals surface area (Å²) in [6.07, 6.45) is 5.09. The fourth-order valence-electron chi connectivity index (χ4n) is 2.24. The van der Waals surface area contributed by atoms with Crippen LogP contribution in [-0.2, 0) is 15.6 Å². The van der Waals surface area contributed by atoms with Gasteiger partial charge in [0.15, 0.2) is 0 Å². The van der Waals surface area contributed by atoms with Gasteiger partial charge in [-0.15, -0.1) is 0 Å². The van der Waals surface area contributed by atoms with E-state index in [9.17, 15) is 9.00 Å². The van der Waals surface area contributed by atoms with Crippen molar-refractivity contribution in [2.45, 2.75) is 36.1 Å². The first-order valence-electron chi connectivity index (χ1n) is 6.05. The molecule has 0 aromatic heterocycles. The molecule has 98 valence electrons. The number of amides is 1. The molecule has 4 nitrogen and oxygen atoms in total. The molecule has 3 N–H and O–H groups in total. The van der Waals surface area contributed by atoms with Crippen molar-refractivity contribution in [1.29, 1.82) is 0 Å². The van der Waals surface area contributed by atoms with E-state index < -0.39 is 16.3 Å². The minimum Gasteiger partial charge on any atom is -0.324 e. The fourth-order valence-corrected chi connectivity index (χ4v) is 2.80. The van der Waals surface area contributed by atoms with Gasteiger partial charge in [-0.05, 0) is 31.0 Å².